The van der Waals surface area contributed by atoms with Gasteiger partial charge in [-0.25, -0.2) is 9.59 Å². The zero-order valence-electron chi connectivity index (χ0n) is 24.8. The predicted molar refractivity (Wildman–Crippen MR) is 160 cm³/mol. The second-order valence-electron chi connectivity index (χ2n) is 10.1. The summed E-state index contributed by atoms with van der Waals surface area (Å²) in [5.74, 6) is -7.19. The second kappa shape index (κ2) is 14.8. The first-order valence-electron chi connectivity index (χ1n) is 13.7. The van der Waals surface area contributed by atoms with Gasteiger partial charge in [0.25, 0.3) is 17.5 Å². The van der Waals surface area contributed by atoms with E-state index in [1.54, 1.807) is 42.5 Å². The Morgan fingerprint density at radius 1 is 0.936 bits per heavy atom. The molecular formula is C31H30F3N5O8. The summed E-state index contributed by atoms with van der Waals surface area (Å²) >= 11 is 0. The van der Waals surface area contributed by atoms with Gasteiger partial charge in [-0.3, -0.25) is 29.8 Å². The molecule has 0 spiro atoms. The van der Waals surface area contributed by atoms with Gasteiger partial charge >= 0.3 is 18.1 Å². The Morgan fingerprint density at radius 2 is 1.60 bits per heavy atom. The van der Waals surface area contributed by atoms with Crippen LogP contribution in [0.3, 0.4) is 0 Å². The van der Waals surface area contributed by atoms with Crippen LogP contribution in [0.4, 0.5) is 24.5 Å². The van der Waals surface area contributed by atoms with Gasteiger partial charge in [0.05, 0.1) is 0 Å². The maximum absolute atomic E-state index is 12.8. The Hall–Kier alpha value is -5.45. The number of anilines is 2. The summed E-state index contributed by atoms with van der Waals surface area (Å²) in [6.07, 6.45) is -4.76. The number of halogens is 3. The molecule has 1 aliphatic rings. The first kappa shape index (κ1) is 36.0. The quantitative estimate of drug-likeness (QED) is 0.155. The van der Waals surface area contributed by atoms with E-state index < -0.39 is 53.9 Å². The molecule has 0 bridgehead atoms. The molecule has 1 unspecified atom stereocenters. The summed E-state index contributed by atoms with van der Waals surface area (Å²) in [4.78, 5) is 72.1. The summed E-state index contributed by atoms with van der Waals surface area (Å²) < 4.78 is 40.6. The number of aliphatic hydroxyl groups is 1. The highest BCUT2D eigenvalue weighted by Crippen LogP contribution is 2.30. The number of carbonyl (C=O) groups is 6. The summed E-state index contributed by atoms with van der Waals surface area (Å²) in [6, 6.07) is 18.8. The number of rotatable bonds is 8. The van der Waals surface area contributed by atoms with Gasteiger partial charge in [-0.1, -0.05) is 36.4 Å². The highest BCUT2D eigenvalue weighted by atomic mass is 19.4. The molecule has 3 aromatic carbocycles. The zero-order valence-corrected chi connectivity index (χ0v) is 24.8. The molecule has 16 heteroatoms. The van der Waals surface area contributed by atoms with Crippen molar-refractivity contribution < 1.29 is 51.8 Å². The van der Waals surface area contributed by atoms with Crippen molar-refractivity contribution in [2.75, 3.05) is 22.9 Å². The molecule has 3 amide bonds. The number of esters is 2. The number of ketones is 1. The van der Waals surface area contributed by atoms with Crippen LogP contribution >= 0.6 is 0 Å². The second-order valence-corrected chi connectivity index (χ2v) is 10.1. The first-order chi connectivity index (χ1) is 22.0. The van der Waals surface area contributed by atoms with E-state index in [2.05, 4.69) is 4.74 Å². The van der Waals surface area contributed by atoms with Crippen molar-refractivity contribution in [3.63, 3.8) is 0 Å². The van der Waals surface area contributed by atoms with Crippen molar-refractivity contribution in [3.05, 3.63) is 95.1 Å². The number of nitrogens with zero attached hydrogens (tertiary/aromatic N) is 2. The smallest absolute Gasteiger partial charge is 0.385 e. The fourth-order valence-electron chi connectivity index (χ4n) is 4.30. The van der Waals surface area contributed by atoms with E-state index in [0.29, 0.717) is 17.7 Å². The van der Waals surface area contributed by atoms with E-state index in [1.807, 2.05) is 0 Å². The fraction of sp³-hybridized carbons (Fsp3) is 0.226. The van der Waals surface area contributed by atoms with Gasteiger partial charge < -0.3 is 26.2 Å². The SMILES string of the molecule is CC(=O)C(N)(O)C(=O)N1CCc2ccc(C(N)=O)cc21.NCc1cccc(C(=O)N(CC(=O)OC(=O)C(F)(F)F)c2ccccc2)c1. The van der Waals surface area contributed by atoms with Crippen molar-refractivity contribution in [1.82, 2.24) is 0 Å². The standard InChI is InChI=1S/C18H15F3N2O4.C13H15N3O4/c19-18(20,21)17(26)27-15(24)11-23(14-7-2-1-3-8-14)16(25)13-6-4-5-12(9-13)10-22;1-7(17)13(15,20)12(19)16-5-4-8-2-3-9(11(14)18)6-10(8)16/h1-9H,10-11,22H2;2-3,6,20H,4-5,15H2,1H3,(H2,14,18). The molecule has 4 rings (SSSR count). The lowest BCUT2D eigenvalue weighted by molar-refractivity contribution is -0.201. The van der Waals surface area contributed by atoms with Crippen LogP contribution < -0.4 is 27.0 Å². The van der Waals surface area contributed by atoms with E-state index >= 15 is 0 Å². The number of ether oxygens (including phenoxy) is 1. The van der Waals surface area contributed by atoms with Crippen molar-refractivity contribution in [2.24, 2.45) is 17.2 Å². The number of primary amides is 1. The number of carbonyl (C=O) groups excluding carboxylic acids is 6. The van der Waals surface area contributed by atoms with Crippen LogP contribution in [0, 0.1) is 0 Å². The fourth-order valence-corrected chi connectivity index (χ4v) is 4.30. The number of alkyl halides is 3. The average molecular weight is 658 g/mol. The predicted octanol–water partition coefficient (Wildman–Crippen LogP) is 1.34. The number of amides is 3. The van der Waals surface area contributed by atoms with E-state index in [-0.39, 0.29) is 29.9 Å². The van der Waals surface area contributed by atoms with Gasteiger partial charge in [-0.05, 0) is 60.9 Å². The maximum Gasteiger partial charge on any atom is 0.491 e. The number of Topliss-reactive ketones (excluding diaryl/α,β-unsaturated/α-hetero) is 1. The largest absolute Gasteiger partial charge is 0.491 e. The van der Waals surface area contributed by atoms with Crippen LogP contribution in [0.15, 0.2) is 72.8 Å². The number of para-hydroxylation sites is 1. The number of hydrogen-bond acceptors (Lipinski definition) is 10. The van der Waals surface area contributed by atoms with E-state index in [0.717, 1.165) is 17.4 Å². The summed E-state index contributed by atoms with van der Waals surface area (Å²) in [5.41, 5.74) is 16.1. The van der Waals surface area contributed by atoms with E-state index in [1.165, 1.54) is 35.2 Å². The molecule has 0 aliphatic carbocycles. The van der Waals surface area contributed by atoms with Gasteiger partial charge in [-0.2, -0.15) is 13.2 Å². The topological polar surface area (TPSA) is 216 Å². The molecule has 0 fully saturated rings. The minimum atomic E-state index is -5.31. The van der Waals surface area contributed by atoms with Crippen molar-refractivity contribution >= 4 is 46.8 Å². The third-order valence-electron chi connectivity index (χ3n) is 6.82. The molecule has 3 aromatic rings. The van der Waals surface area contributed by atoms with Crippen LogP contribution in [0.5, 0.6) is 0 Å². The molecule has 13 nitrogen and oxygen atoms in total. The van der Waals surface area contributed by atoms with Gasteiger partial charge in [0.2, 0.25) is 5.91 Å². The van der Waals surface area contributed by atoms with Crippen LogP contribution in [0.2, 0.25) is 0 Å². The third-order valence-corrected chi connectivity index (χ3v) is 6.82. The third kappa shape index (κ3) is 8.84. The monoisotopic (exact) mass is 657 g/mol. The van der Waals surface area contributed by atoms with Crippen LogP contribution in [0.25, 0.3) is 0 Å². The van der Waals surface area contributed by atoms with Crippen LogP contribution in [-0.4, -0.2) is 65.5 Å². The number of nitrogens with two attached hydrogens (primary N) is 3. The Kier molecular flexibility index (Phi) is 11.3. The van der Waals surface area contributed by atoms with Crippen molar-refractivity contribution in [1.29, 1.82) is 0 Å². The van der Waals surface area contributed by atoms with E-state index in [4.69, 9.17) is 17.2 Å². The van der Waals surface area contributed by atoms with Crippen molar-refractivity contribution in [2.45, 2.75) is 31.8 Å². The molecule has 7 N–H and O–H groups in total. The Balaban J connectivity index is 0.000000267. The summed E-state index contributed by atoms with van der Waals surface area (Å²) in [5, 5.41) is 9.77. The highest BCUT2D eigenvalue weighted by Gasteiger charge is 2.43. The van der Waals surface area contributed by atoms with E-state index in [9.17, 15) is 47.0 Å². The Bertz CT molecular complexity index is 1700. The molecule has 0 saturated heterocycles. The minimum Gasteiger partial charge on any atom is -0.385 e. The van der Waals surface area contributed by atoms with Crippen LogP contribution in [-0.2, 0) is 36.9 Å². The molecule has 0 aromatic heterocycles. The molecule has 0 radical (unpaired) electrons. The molecule has 47 heavy (non-hydrogen) atoms. The van der Waals surface area contributed by atoms with Gasteiger partial charge in [0, 0.05) is 35.6 Å². The molecule has 0 saturated carbocycles. The Labute approximate surface area is 265 Å². The normalized spacial score (nSPS) is 13.3. The Morgan fingerprint density at radius 3 is 2.17 bits per heavy atom. The number of fused-ring (bicyclic) bond motifs is 1. The molecule has 1 heterocycles. The summed E-state index contributed by atoms with van der Waals surface area (Å²) in [7, 11) is 0. The molecule has 248 valence electrons. The average Bonchev–Trinajstić information content (AvgIpc) is 3.46. The van der Waals surface area contributed by atoms with Gasteiger partial charge in [0.1, 0.15) is 6.54 Å². The maximum atomic E-state index is 12.8. The van der Waals surface area contributed by atoms with Gasteiger partial charge in [0.15, 0.2) is 5.78 Å². The number of benzene rings is 3. The van der Waals surface area contributed by atoms with Crippen LogP contribution in [0.1, 0.15) is 38.8 Å². The number of hydrogen-bond donors (Lipinski definition) is 4. The lowest BCUT2D eigenvalue weighted by Gasteiger charge is -2.26. The zero-order chi connectivity index (χ0) is 35.1. The lowest BCUT2D eigenvalue weighted by atomic mass is 10.1. The highest BCUT2D eigenvalue weighted by molar-refractivity contribution is 6.14. The lowest BCUT2D eigenvalue weighted by Crippen LogP contribution is -2.59. The summed E-state index contributed by atoms with van der Waals surface area (Å²) in [6.45, 7) is 0.615. The molecule has 1 atom stereocenters. The molecular weight excluding hydrogens is 627 g/mol. The minimum absolute atomic E-state index is 0.175. The first-order valence-corrected chi connectivity index (χ1v) is 13.7. The van der Waals surface area contributed by atoms with Crippen molar-refractivity contribution in [3.8, 4) is 0 Å². The molecule has 1 aliphatic heterocycles. The van der Waals surface area contributed by atoms with Gasteiger partial charge in [-0.15, -0.1) is 0 Å².